The van der Waals surface area contributed by atoms with E-state index in [1.807, 2.05) is 24.3 Å². The molecule has 0 amide bonds. The summed E-state index contributed by atoms with van der Waals surface area (Å²) >= 11 is 0. The quantitative estimate of drug-likeness (QED) is 0.832. The average molecular weight is 222 g/mol. The summed E-state index contributed by atoms with van der Waals surface area (Å²) in [7, 11) is 0. The van der Waals surface area contributed by atoms with Gasteiger partial charge in [0.2, 0.25) is 0 Å². The van der Waals surface area contributed by atoms with Crippen molar-refractivity contribution in [2.75, 3.05) is 0 Å². The monoisotopic (exact) mass is 222 g/mol. The molecule has 0 aliphatic carbocycles. The van der Waals surface area contributed by atoms with E-state index in [0.717, 1.165) is 6.42 Å². The van der Waals surface area contributed by atoms with Gasteiger partial charge in [-0.2, -0.15) is 0 Å². The third-order valence-electron chi connectivity index (χ3n) is 2.72. The van der Waals surface area contributed by atoms with Crippen LogP contribution in [0.25, 0.3) is 0 Å². The third-order valence-corrected chi connectivity index (χ3v) is 2.72. The van der Waals surface area contributed by atoms with Gasteiger partial charge in [-0.3, -0.25) is 0 Å². The second kappa shape index (κ2) is 5.54. The molecule has 0 saturated carbocycles. The van der Waals surface area contributed by atoms with Crippen LogP contribution in [0.4, 0.5) is 0 Å². The van der Waals surface area contributed by atoms with Crippen LogP contribution in [0, 0.1) is 0 Å². The van der Waals surface area contributed by atoms with Gasteiger partial charge >= 0.3 is 5.97 Å². The number of carboxylic acids is 1. The van der Waals surface area contributed by atoms with E-state index in [1.54, 1.807) is 0 Å². The molecule has 3 nitrogen and oxygen atoms in total. The molecule has 0 aliphatic heterocycles. The molecule has 0 heterocycles. The normalized spacial score (nSPS) is 14.2. The lowest BCUT2D eigenvalue weighted by Gasteiger charge is -2.12. The van der Waals surface area contributed by atoms with Crippen molar-refractivity contribution in [1.82, 2.24) is 0 Å². The topological polar surface area (TPSA) is 46.5 Å². The average Bonchev–Trinajstić information content (AvgIpc) is 2.28. The fraction of sp³-hybridized carbons (Fsp3) is 0.462. The summed E-state index contributed by atoms with van der Waals surface area (Å²) in [6, 6.07) is 7.61. The van der Waals surface area contributed by atoms with Gasteiger partial charge in [0.1, 0.15) is 5.75 Å². The van der Waals surface area contributed by atoms with Crippen LogP contribution in [0.15, 0.2) is 24.3 Å². The van der Waals surface area contributed by atoms with Crippen molar-refractivity contribution in [2.24, 2.45) is 0 Å². The van der Waals surface area contributed by atoms with Crippen molar-refractivity contribution in [2.45, 2.75) is 39.2 Å². The Bertz CT molecular complexity index is 343. The summed E-state index contributed by atoms with van der Waals surface area (Å²) in [5.74, 6) is 0.166. The molecular weight excluding hydrogens is 204 g/mol. The van der Waals surface area contributed by atoms with Gasteiger partial charge < -0.3 is 9.84 Å². The van der Waals surface area contributed by atoms with E-state index in [9.17, 15) is 4.79 Å². The molecule has 0 saturated heterocycles. The molecular formula is C13H18O3. The van der Waals surface area contributed by atoms with E-state index >= 15 is 0 Å². The highest BCUT2D eigenvalue weighted by molar-refractivity contribution is 5.72. The SMILES string of the molecule is CC[C@@H](C)c1ccc(O[C@H](C)C(=O)O)cc1. The molecule has 0 unspecified atom stereocenters. The summed E-state index contributed by atoms with van der Waals surface area (Å²) in [4.78, 5) is 10.6. The lowest BCUT2D eigenvalue weighted by molar-refractivity contribution is -0.144. The summed E-state index contributed by atoms with van der Waals surface area (Å²) in [5, 5.41) is 8.70. The van der Waals surface area contributed by atoms with E-state index in [1.165, 1.54) is 12.5 Å². The second-order valence-corrected chi connectivity index (χ2v) is 3.98. The number of hydrogen-bond donors (Lipinski definition) is 1. The molecule has 1 rings (SSSR count). The maximum atomic E-state index is 10.6. The predicted molar refractivity (Wildman–Crippen MR) is 62.9 cm³/mol. The summed E-state index contributed by atoms with van der Waals surface area (Å²) in [6.45, 7) is 5.82. The van der Waals surface area contributed by atoms with Gasteiger partial charge in [0, 0.05) is 0 Å². The Morgan fingerprint density at radius 3 is 2.31 bits per heavy atom. The molecule has 0 spiro atoms. The van der Waals surface area contributed by atoms with Crippen molar-refractivity contribution in [1.29, 1.82) is 0 Å². The molecule has 1 aromatic rings. The maximum absolute atomic E-state index is 10.6. The van der Waals surface area contributed by atoms with Crippen LogP contribution in [0.2, 0.25) is 0 Å². The number of rotatable bonds is 5. The lowest BCUT2D eigenvalue weighted by Crippen LogP contribution is -2.22. The van der Waals surface area contributed by atoms with Gasteiger partial charge in [0.05, 0.1) is 0 Å². The fourth-order valence-corrected chi connectivity index (χ4v) is 1.37. The zero-order chi connectivity index (χ0) is 12.1. The maximum Gasteiger partial charge on any atom is 0.344 e. The van der Waals surface area contributed by atoms with Crippen LogP contribution >= 0.6 is 0 Å². The fourth-order valence-electron chi connectivity index (χ4n) is 1.37. The molecule has 0 radical (unpaired) electrons. The highest BCUT2D eigenvalue weighted by Gasteiger charge is 2.12. The molecule has 88 valence electrons. The van der Waals surface area contributed by atoms with Gasteiger partial charge in [0.25, 0.3) is 0 Å². The molecule has 0 fully saturated rings. The number of benzene rings is 1. The van der Waals surface area contributed by atoms with Gasteiger partial charge in [-0.1, -0.05) is 26.0 Å². The van der Waals surface area contributed by atoms with Crippen molar-refractivity contribution < 1.29 is 14.6 Å². The van der Waals surface area contributed by atoms with Crippen LogP contribution < -0.4 is 4.74 Å². The molecule has 3 heteroatoms. The molecule has 0 aliphatic rings. The van der Waals surface area contributed by atoms with E-state index < -0.39 is 12.1 Å². The van der Waals surface area contributed by atoms with Gasteiger partial charge in [0.15, 0.2) is 6.10 Å². The highest BCUT2D eigenvalue weighted by Crippen LogP contribution is 2.21. The van der Waals surface area contributed by atoms with E-state index in [-0.39, 0.29) is 0 Å². The summed E-state index contributed by atoms with van der Waals surface area (Å²) in [5.41, 5.74) is 1.25. The van der Waals surface area contributed by atoms with E-state index in [4.69, 9.17) is 9.84 Å². The largest absolute Gasteiger partial charge is 0.479 e. The number of aliphatic carboxylic acids is 1. The van der Waals surface area contributed by atoms with Crippen molar-refractivity contribution >= 4 is 5.97 Å². The number of carbonyl (C=O) groups is 1. The lowest BCUT2D eigenvalue weighted by atomic mass is 9.99. The Hall–Kier alpha value is -1.51. The smallest absolute Gasteiger partial charge is 0.344 e. The minimum absolute atomic E-state index is 0.519. The molecule has 2 atom stereocenters. The molecule has 16 heavy (non-hydrogen) atoms. The minimum Gasteiger partial charge on any atom is -0.479 e. The zero-order valence-corrected chi connectivity index (χ0v) is 9.93. The van der Waals surface area contributed by atoms with Crippen molar-refractivity contribution in [3.8, 4) is 5.75 Å². The Kier molecular flexibility index (Phi) is 4.35. The van der Waals surface area contributed by atoms with Crippen LogP contribution in [0.1, 0.15) is 38.7 Å². The number of ether oxygens (including phenoxy) is 1. The summed E-state index contributed by atoms with van der Waals surface area (Å²) in [6.07, 6.45) is 0.278. The molecule has 0 aromatic heterocycles. The van der Waals surface area contributed by atoms with Crippen molar-refractivity contribution in [3.63, 3.8) is 0 Å². The first-order valence-electron chi connectivity index (χ1n) is 5.54. The van der Waals surface area contributed by atoms with E-state index in [2.05, 4.69) is 13.8 Å². The van der Waals surface area contributed by atoms with E-state index in [0.29, 0.717) is 11.7 Å². The van der Waals surface area contributed by atoms with Crippen LogP contribution in [0.5, 0.6) is 5.75 Å². The molecule has 0 bridgehead atoms. The third kappa shape index (κ3) is 3.26. The highest BCUT2D eigenvalue weighted by atomic mass is 16.5. The molecule has 1 N–H and O–H groups in total. The summed E-state index contributed by atoms with van der Waals surface area (Å²) < 4.78 is 5.24. The minimum atomic E-state index is -0.953. The first kappa shape index (κ1) is 12.6. The number of carboxylic acid groups (broad SMARTS) is 1. The van der Waals surface area contributed by atoms with Crippen LogP contribution in [-0.4, -0.2) is 17.2 Å². The van der Waals surface area contributed by atoms with Gasteiger partial charge in [-0.25, -0.2) is 4.79 Å². The van der Waals surface area contributed by atoms with Gasteiger partial charge in [-0.05, 0) is 37.0 Å². The predicted octanol–water partition coefficient (Wildman–Crippen LogP) is 3.05. The van der Waals surface area contributed by atoms with Gasteiger partial charge in [-0.15, -0.1) is 0 Å². The second-order valence-electron chi connectivity index (χ2n) is 3.98. The zero-order valence-electron chi connectivity index (χ0n) is 9.93. The first-order chi connectivity index (χ1) is 7.54. The van der Waals surface area contributed by atoms with Crippen molar-refractivity contribution in [3.05, 3.63) is 29.8 Å². The Morgan fingerprint density at radius 1 is 1.31 bits per heavy atom. The van der Waals surface area contributed by atoms with Crippen LogP contribution in [-0.2, 0) is 4.79 Å². The Morgan fingerprint density at radius 2 is 1.88 bits per heavy atom. The number of hydrogen-bond acceptors (Lipinski definition) is 2. The Labute approximate surface area is 96.1 Å². The Balaban J connectivity index is 2.68. The first-order valence-corrected chi connectivity index (χ1v) is 5.54. The molecule has 1 aromatic carbocycles. The van der Waals surface area contributed by atoms with Crippen LogP contribution in [0.3, 0.4) is 0 Å². The standard InChI is InChI=1S/C13H18O3/c1-4-9(2)11-5-7-12(8-6-11)16-10(3)13(14)15/h5-10H,4H2,1-3H3,(H,14,15)/t9-,10-/m1/s1.